The molecule has 30 heavy (non-hydrogen) atoms. The first kappa shape index (κ1) is 20.0. The normalized spacial score (nSPS) is 21.3. The van der Waals surface area contributed by atoms with Crippen molar-refractivity contribution in [1.82, 2.24) is 20.2 Å². The van der Waals surface area contributed by atoms with E-state index in [1.165, 1.54) is 18.5 Å². The summed E-state index contributed by atoms with van der Waals surface area (Å²) >= 11 is 0. The third-order valence-corrected chi connectivity index (χ3v) is 5.46. The second kappa shape index (κ2) is 8.21. The third kappa shape index (κ3) is 3.89. The molecule has 2 amide bonds. The molecule has 2 aliphatic rings. The number of piperazine rings is 1. The van der Waals surface area contributed by atoms with Crippen LogP contribution in [0, 0.1) is 17.6 Å². The summed E-state index contributed by atoms with van der Waals surface area (Å²) in [5.41, 5.74) is 1.24. The van der Waals surface area contributed by atoms with Gasteiger partial charge in [-0.15, -0.1) is 0 Å². The summed E-state index contributed by atoms with van der Waals surface area (Å²) < 4.78 is 27.6. The number of rotatable bonds is 3. The molecule has 0 aliphatic carbocycles. The average molecular weight is 416 g/mol. The van der Waals surface area contributed by atoms with Crippen LogP contribution < -0.4 is 10.2 Å². The van der Waals surface area contributed by atoms with E-state index in [-0.39, 0.29) is 17.5 Å². The average Bonchev–Trinajstić information content (AvgIpc) is 3.08. The zero-order valence-electron chi connectivity index (χ0n) is 16.7. The van der Waals surface area contributed by atoms with Gasteiger partial charge in [-0.2, -0.15) is 0 Å². The Morgan fingerprint density at radius 3 is 2.67 bits per heavy atom. The second-order valence-electron chi connectivity index (χ2n) is 7.33. The first-order valence-electron chi connectivity index (χ1n) is 9.71. The number of hydrogen-bond donors (Lipinski definition) is 1. The van der Waals surface area contributed by atoms with Crippen molar-refractivity contribution in [2.24, 2.45) is 11.1 Å². The van der Waals surface area contributed by atoms with E-state index in [1.807, 2.05) is 18.7 Å². The van der Waals surface area contributed by atoms with Gasteiger partial charge in [0.15, 0.2) is 11.6 Å². The number of nitrogens with one attached hydrogen (secondary N) is 1. The predicted molar refractivity (Wildman–Crippen MR) is 107 cm³/mol. The molecule has 3 heterocycles. The fraction of sp³-hybridized carbons (Fsp3) is 0.400. The van der Waals surface area contributed by atoms with Crippen molar-refractivity contribution in [2.75, 3.05) is 31.1 Å². The molecule has 1 saturated heterocycles. The van der Waals surface area contributed by atoms with Crippen LogP contribution in [0.15, 0.2) is 35.7 Å². The second-order valence-corrected chi connectivity index (χ2v) is 7.33. The standard InChI is InChI=1S/C20H22F2N6O2/c1-12-13(2)26-30-19(12)25-20(29)28-8-6-27(7-9-28)17-10-16(23-11-24-17)14-4-3-5-15(21)18(14)22/h3-5,10-12,19H,6-9H2,1-2H3,(H,25,29). The predicted octanol–water partition coefficient (Wildman–Crippen LogP) is 2.62. The zero-order chi connectivity index (χ0) is 21.3. The van der Waals surface area contributed by atoms with E-state index in [1.54, 1.807) is 11.0 Å². The van der Waals surface area contributed by atoms with Crippen LogP contribution >= 0.6 is 0 Å². The maximum absolute atomic E-state index is 14.1. The summed E-state index contributed by atoms with van der Waals surface area (Å²) in [5, 5.41) is 6.76. The van der Waals surface area contributed by atoms with Crippen molar-refractivity contribution in [2.45, 2.75) is 20.1 Å². The number of nitrogens with zero attached hydrogens (tertiary/aromatic N) is 5. The lowest BCUT2D eigenvalue weighted by molar-refractivity contribution is 0.0426. The highest BCUT2D eigenvalue weighted by Crippen LogP contribution is 2.25. The quantitative estimate of drug-likeness (QED) is 0.832. The molecule has 2 aliphatic heterocycles. The Labute approximate surface area is 172 Å². The number of anilines is 1. The molecule has 2 unspecified atom stereocenters. The molecule has 0 saturated carbocycles. The van der Waals surface area contributed by atoms with Gasteiger partial charge in [-0.05, 0) is 19.1 Å². The largest absolute Gasteiger partial charge is 0.370 e. The first-order valence-corrected chi connectivity index (χ1v) is 9.71. The van der Waals surface area contributed by atoms with Crippen LogP contribution in [0.5, 0.6) is 0 Å². The molecule has 0 spiro atoms. The highest BCUT2D eigenvalue weighted by atomic mass is 19.2. The molecule has 2 aromatic rings. The number of urea groups is 1. The van der Waals surface area contributed by atoms with E-state index in [9.17, 15) is 13.6 Å². The van der Waals surface area contributed by atoms with Gasteiger partial charge in [-0.3, -0.25) is 5.32 Å². The van der Waals surface area contributed by atoms with Crippen molar-refractivity contribution < 1.29 is 18.4 Å². The molecule has 1 aromatic carbocycles. The maximum atomic E-state index is 14.1. The van der Waals surface area contributed by atoms with Crippen LogP contribution in [-0.4, -0.2) is 59.0 Å². The lowest BCUT2D eigenvalue weighted by atomic mass is 10.1. The lowest BCUT2D eigenvalue weighted by Gasteiger charge is -2.35. The van der Waals surface area contributed by atoms with Crippen molar-refractivity contribution in [3.05, 3.63) is 42.2 Å². The van der Waals surface area contributed by atoms with Crippen LogP contribution in [0.1, 0.15) is 13.8 Å². The van der Waals surface area contributed by atoms with Gasteiger partial charge >= 0.3 is 6.03 Å². The minimum absolute atomic E-state index is 0.0258. The summed E-state index contributed by atoms with van der Waals surface area (Å²) in [7, 11) is 0. The maximum Gasteiger partial charge on any atom is 0.320 e. The molecule has 4 rings (SSSR count). The molecular formula is C20H22F2N6O2. The number of benzene rings is 1. The smallest absolute Gasteiger partial charge is 0.320 e. The van der Waals surface area contributed by atoms with Gasteiger partial charge < -0.3 is 14.6 Å². The van der Waals surface area contributed by atoms with Crippen LogP contribution in [0.2, 0.25) is 0 Å². The van der Waals surface area contributed by atoms with Crippen LogP contribution in [0.25, 0.3) is 11.3 Å². The van der Waals surface area contributed by atoms with Crippen molar-refractivity contribution in [3.8, 4) is 11.3 Å². The Hall–Kier alpha value is -3.30. The van der Waals surface area contributed by atoms with Crippen molar-refractivity contribution in [1.29, 1.82) is 0 Å². The van der Waals surface area contributed by atoms with Crippen LogP contribution in [-0.2, 0) is 4.84 Å². The summed E-state index contributed by atoms with van der Waals surface area (Å²) in [6, 6.07) is 5.40. The minimum Gasteiger partial charge on any atom is -0.370 e. The number of hydrogen-bond acceptors (Lipinski definition) is 6. The van der Waals surface area contributed by atoms with Gasteiger partial charge in [0.1, 0.15) is 12.1 Å². The molecule has 2 atom stereocenters. The van der Waals surface area contributed by atoms with E-state index in [0.29, 0.717) is 37.7 Å². The van der Waals surface area contributed by atoms with Gasteiger partial charge in [0.05, 0.1) is 17.3 Å². The number of carbonyl (C=O) groups is 1. The van der Waals surface area contributed by atoms with Crippen LogP contribution in [0.4, 0.5) is 19.4 Å². The summed E-state index contributed by atoms with van der Waals surface area (Å²) in [6.45, 7) is 5.88. The van der Waals surface area contributed by atoms with E-state index >= 15 is 0 Å². The van der Waals surface area contributed by atoms with Crippen molar-refractivity contribution in [3.63, 3.8) is 0 Å². The molecule has 158 valence electrons. The summed E-state index contributed by atoms with van der Waals surface area (Å²) in [5.74, 6) is -1.24. The monoisotopic (exact) mass is 416 g/mol. The molecule has 1 aromatic heterocycles. The lowest BCUT2D eigenvalue weighted by Crippen LogP contribution is -2.54. The Morgan fingerprint density at radius 1 is 1.20 bits per heavy atom. The van der Waals surface area contributed by atoms with Gasteiger partial charge in [0.2, 0.25) is 6.23 Å². The SMILES string of the molecule is CC1=NOC(NC(=O)N2CCN(c3cc(-c4cccc(F)c4F)ncn3)CC2)C1C. The number of oxime groups is 1. The molecule has 1 fully saturated rings. The highest BCUT2D eigenvalue weighted by Gasteiger charge is 2.31. The topological polar surface area (TPSA) is 83.0 Å². The zero-order valence-corrected chi connectivity index (χ0v) is 16.7. The fourth-order valence-corrected chi connectivity index (χ4v) is 3.41. The number of amides is 2. The number of halogens is 2. The Kier molecular flexibility index (Phi) is 5.47. The fourth-order valence-electron chi connectivity index (χ4n) is 3.41. The molecule has 8 nitrogen and oxygen atoms in total. The van der Waals surface area contributed by atoms with Crippen LogP contribution in [0.3, 0.4) is 0 Å². The van der Waals surface area contributed by atoms with Crippen molar-refractivity contribution >= 4 is 17.6 Å². The van der Waals surface area contributed by atoms with E-state index < -0.39 is 17.9 Å². The molecule has 1 N–H and O–H groups in total. The minimum atomic E-state index is -0.939. The van der Waals surface area contributed by atoms with Gasteiger partial charge in [-0.25, -0.2) is 23.5 Å². The Bertz CT molecular complexity index is 978. The first-order chi connectivity index (χ1) is 14.4. The Balaban J connectivity index is 1.39. The molecule has 10 heteroatoms. The highest BCUT2D eigenvalue weighted by molar-refractivity contribution is 5.86. The Morgan fingerprint density at radius 2 is 1.97 bits per heavy atom. The van der Waals surface area contributed by atoms with E-state index in [4.69, 9.17) is 4.84 Å². The molecule has 0 radical (unpaired) electrons. The number of aromatic nitrogens is 2. The van der Waals surface area contributed by atoms with Gasteiger partial charge in [-0.1, -0.05) is 18.1 Å². The summed E-state index contributed by atoms with van der Waals surface area (Å²) in [4.78, 5) is 29.8. The van der Waals surface area contributed by atoms with E-state index in [0.717, 1.165) is 11.8 Å². The number of carbonyl (C=O) groups excluding carboxylic acids is 1. The van der Waals surface area contributed by atoms with Gasteiger partial charge in [0, 0.05) is 37.8 Å². The third-order valence-electron chi connectivity index (χ3n) is 5.46. The molecular weight excluding hydrogens is 394 g/mol. The van der Waals surface area contributed by atoms with E-state index in [2.05, 4.69) is 20.4 Å². The summed E-state index contributed by atoms with van der Waals surface area (Å²) in [6.07, 6.45) is 0.871. The van der Waals surface area contributed by atoms with Gasteiger partial charge in [0.25, 0.3) is 0 Å². The molecule has 0 bridgehead atoms.